The second-order valence-corrected chi connectivity index (χ2v) is 9.62. The van der Waals surface area contributed by atoms with Gasteiger partial charge in [-0.25, -0.2) is 4.79 Å². The van der Waals surface area contributed by atoms with Crippen LogP contribution in [0.15, 0.2) is 40.9 Å². The Balaban J connectivity index is 1.58. The Kier molecular flexibility index (Phi) is 6.53. The molecule has 6 nitrogen and oxygen atoms in total. The van der Waals surface area contributed by atoms with Crippen LogP contribution in [0, 0.1) is 17.2 Å². The number of nitrogens with one attached hydrogen (secondary N) is 1. The Morgan fingerprint density at radius 2 is 2.03 bits per heavy atom. The average Bonchev–Trinajstić information content (AvgIpc) is 3.01. The van der Waals surface area contributed by atoms with Gasteiger partial charge in [-0.1, -0.05) is 30.3 Å². The number of allylic oxidation sites excluding steroid dienone is 1. The van der Waals surface area contributed by atoms with E-state index in [0.717, 1.165) is 5.56 Å². The lowest BCUT2D eigenvalue weighted by Crippen LogP contribution is -2.46. The van der Waals surface area contributed by atoms with Crippen molar-refractivity contribution in [1.29, 1.82) is 5.26 Å². The molecule has 2 unspecified atom stereocenters. The Hall–Kier alpha value is -2.46. The third-order valence-corrected chi connectivity index (χ3v) is 6.29. The van der Waals surface area contributed by atoms with E-state index in [9.17, 15) is 14.9 Å². The van der Waals surface area contributed by atoms with Gasteiger partial charge in [0, 0.05) is 30.7 Å². The van der Waals surface area contributed by atoms with Gasteiger partial charge in [-0.2, -0.15) is 5.26 Å². The molecule has 0 aromatic heterocycles. The number of thioether (sulfide) groups is 1. The fraction of sp³-hybridized carbons (Fsp3) is 0.500. The number of ether oxygens (including phenoxy) is 1. The van der Waals surface area contributed by atoms with Crippen LogP contribution < -0.4 is 5.32 Å². The van der Waals surface area contributed by atoms with Crippen LogP contribution in [0.4, 0.5) is 4.79 Å². The number of nitrogens with zero attached hydrogens (tertiary/aromatic N) is 2. The number of rotatable bonds is 4. The predicted molar refractivity (Wildman–Crippen MR) is 113 cm³/mol. The van der Waals surface area contributed by atoms with Crippen molar-refractivity contribution >= 4 is 23.8 Å². The summed E-state index contributed by atoms with van der Waals surface area (Å²) in [5.41, 5.74) is 1.21. The summed E-state index contributed by atoms with van der Waals surface area (Å²) in [7, 11) is 0. The minimum atomic E-state index is -0.537. The molecule has 1 fully saturated rings. The fourth-order valence-electron chi connectivity index (χ4n) is 3.56. The van der Waals surface area contributed by atoms with Crippen LogP contribution in [0.5, 0.6) is 0 Å². The van der Waals surface area contributed by atoms with Gasteiger partial charge in [-0.05, 0) is 39.2 Å². The quantitative estimate of drug-likeness (QED) is 0.811. The molecule has 154 valence electrons. The smallest absolute Gasteiger partial charge is 0.410 e. The van der Waals surface area contributed by atoms with Crippen molar-refractivity contribution in [2.45, 2.75) is 50.9 Å². The van der Waals surface area contributed by atoms with Gasteiger partial charge in [-0.15, -0.1) is 11.8 Å². The van der Waals surface area contributed by atoms with E-state index >= 15 is 0 Å². The zero-order chi connectivity index (χ0) is 21.0. The predicted octanol–water partition coefficient (Wildman–Crippen LogP) is 3.84. The average molecular weight is 414 g/mol. The fourth-order valence-corrected chi connectivity index (χ4v) is 5.05. The minimum Gasteiger partial charge on any atom is -0.444 e. The first-order chi connectivity index (χ1) is 13.8. The van der Waals surface area contributed by atoms with Crippen LogP contribution in [0.2, 0.25) is 0 Å². The Bertz CT molecular complexity index is 839. The van der Waals surface area contributed by atoms with Gasteiger partial charge in [0.2, 0.25) is 5.91 Å². The standard InChI is InChI=1S/C22H27N3O3S/c1-22(2,3)28-21(27)25-12-11-16-17(13-23)20(29-18(16)14-25)24-19(26)10-9-15-7-5-4-6-8-15/h4-8,16,18H,9-12,14H2,1-3H3,(H,24,26). The van der Waals surface area contributed by atoms with Crippen molar-refractivity contribution in [2.75, 3.05) is 13.1 Å². The lowest BCUT2D eigenvalue weighted by Gasteiger charge is -2.35. The molecule has 0 spiro atoms. The van der Waals surface area contributed by atoms with Gasteiger partial charge in [0.15, 0.2) is 0 Å². The number of carbonyl (C=O) groups excluding carboxylic acids is 2. The molecule has 2 aliphatic heterocycles. The number of amides is 2. The van der Waals surface area contributed by atoms with Crippen molar-refractivity contribution < 1.29 is 14.3 Å². The number of benzene rings is 1. The van der Waals surface area contributed by atoms with Gasteiger partial charge >= 0.3 is 6.09 Å². The maximum atomic E-state index is 12.4. The number of fused-ring (bicyclic) bond motifs is 1. The number of likely N-dealkylation sites (tertiary alicyclic amines) is 1. The highest BCUT2D eigenvalue weighted by molar-refractivity contribution is 8.04. The summed E-state index contributed by atoms with van der Waals surface area (Å²) in [5, 5.41) is 13.3. The number of piperidine rings is 1. The maximum absolute atomic E-state index is 12.4. The van der Waals surface area contributed by atoms with Gasteiger partial charge < -0.3 is 15.0 Å². The molecular formula is C22H27N3O3S. The summed E-state index contributed by atoms with van der Waals surface area (Å²) >= 11 is 1.49. The lowest BCUT2D eigenvalue weighted by atomic mass is 9.90. The minimum absolute atomic E-state index is 0.0631. The molecule has 0 radical (unpaired) electrons. The van der Waals surface area contributed by atoms with Crippen LogP contribution in [0.1, 0.15) is 39.2 Å². The summed E-state index contributed by atoms with van der Waals surface area (Å²) in [5.74, 6) is -0.0279. The molecule has 0 bridgehead atoms. The van der Waals surface area contributed by atoms with E-state index in [2.05, 4.69) is 11.4 Å². The van der Waals surface area contributed by atoms with Crippen LogP contribution in [-0.4, -0.2) is 40.8 Å². The summed E-state index contributed by atoms with van der Waals surface area (Å²) in [6.45, 7) is 6.61. The topological polar surface area (TPSA) is 82.4 Å². The molecule has 7 heteroatoms. The number of aryl methyl sites for hydroxylation is 1. The van der Waals surface area contributed by atoms with E-state index in [1.54, 1.807) is 4.90 Å². The zero-order valence-electron chi connectivity index (χ0n) is 17.1. The molecule has 29 heavy (non-hydrogen) atoms. The molecular weight excluding hydrogens is 386 g/mol. The van der Waals surface area contributed by atoms with Crippen LogP contribution in [0.25, 0.3) is 0 Å². The Labute approximate surface area is 176 Å². The van der Waals surface area contributed by atoms with Gasteiger partial charge in [0.1, 0.15) is 5.60 Å². The normalized spacial score (nSPS) is 21.4. The van der Waals surface area contributed by atoms with Crippen LogP contribution in [0.3, 0.4) is 0 Å². The summed E-state index contributed by atoms with van der Waals surface area (Å²) < 4.78 is 5.47. The lowest BCUT2D eigenvalue weighted by molar-refractivity contribution is -0.120. The van der Waals surface area contributed by atoms with E-state index in [1.165, 1.54) is 11.8 Å². The van der Waals surface area contributed by atoms with Crippen molar-refractivity contribution in [2.24, 2.45) is 5.92 Å². The second kappa shape index (κ2) is 8.91. The van der Waals surface area contributed by atoms with Gasteiger partial charge in [0.05, 0.1) is 16.7 Å². The van der Waals surface area contributed by atoms with Crippen molar-refractivity contribution in [3.63, 3.8) is 0 Å². The third kappa shape index (κ3) is 5.54. The largest absolute Gasteiger partial charge is 0.444 e. The number of carbonyl (C=O) groups is 2. The molecule has 0 aliphatic carbocycles. The Morgan fingerprint density at radius 1 is 1.31 bits per heavy atom. The molecule has 2 aliphatic rings. The van der Waals surface area contributed by atoms with E-state index < -0.39 is 5.60 Å². The number of hydrogen-bond donors (Lipinski definition) is 1. The summed E-state index contributed by atoms with van der Waals surface area (Å²) in [6.07, 6.45) is 1.40. The first kappa shape index (κ1) is 21.3. The summed E-state index contributed by atoms with van der Waals surface area (Å²) in [6, 6.07) is 12.1. The van der Waals surface area contributed by atoms with E-state index in [-0.39, 0.29) is 23.2 Å². The summed E-state index contributed by atoms with van der Waals surface area (Å²) in [4.78, 5) is 26.5. The van der Waals surface area contributed by atoms with E-state index in [1.807, 2.05) is 51.1 Å². The van der Waals surface area contributed by atoms with Gasteiger partial charge in [-0.3, -0.25) is 4.79 Å². The first-order valence-electron chi connectivity index (χ1n) is 9.89. The Morgan fingerprint density at radius 3 is 2.69 bits per heavy atom. The highest BCUT2D eigenvalue weighted by Gasteiger charge is 2.42. The molecule has 1 saturated heterocycles. The van der Waals surface area contributed by atoms with Crippen molar-refractivity contribution in [1.82, 2.24) is 10.2 Å². The van der Waals surface area contributed by atoms with E-state index in [0.29, 0.717) is 43.0 Å². The molecule has 2 heterocycles. The molecule has 3 rings (SSSR count). The molecule has 1 aromatic rings. The molecule has 2 atom stereocenters. The number of nitriles is 1. The highest BCUT2D eigenvalue weighted by Crippen LogP contribution is 2.44. The molecule has 0 saturated carbocycles. The number of hydrogen-bond acceptors (Lipinski definition) is 5. The first-order valence-corrected chi connectivity index (χ1v) is 10.8. The zero-order valence-corrected chi connectivity index (χ0v) is 17.9. The second-order valence-electron chi connectivity index (χ2n) is 8.37. The maximum Gasteiger partial charge on any atom is 0.410 e. The van der Waals surface area contributed by atoms with Crippen LogP contribution >= 0.6 is 11.8 Å². The third-order valence-electron chi connectivity index (χ3n) is 4.95. The monoisotopic (exact) mass is 413 g/mol. The van der Waals surface area contributed by atoms with E-state index in [4.69, 9.17) is 4.74 Å². The van der Waals surface area contributed by atoms with Crippen molar-refractivity contribution in [3.05, 3.63) is 46.5 Å². The molecule has 1 N–H and O–H groups in total. The van der Waals surface area contributed by atoms with Gasteiger partial charge in [0.25, 0.3) is 0 Å². The SMILES string of the molecule is CC(C)(C)OC(=O)N1CCC2C(C#N)=C(NC(=O)CCc3ccccc3)SC2C1. The van der Waals surface area contributed by atoms with Crippen molar-refractivity contribution in [3.8, 4) is 6.07 Å². The highest BCUT2D eigenvalue weighted by atomic mass is 32.2. The molecule has 1 aromatic carbocycles. The van der Waals surface area contributed by atoms with Crippen LogP contribution in [-0.2, 0) is 16.0 Å². The molecule has 2 amide bonds.